The summed E-state index contributed by atoms with van der Waals surface area (Å²) in [5, 5.41) is 8.96. The van der Waals surface area contributed by atoms with Crippen LogP contribution in [0.4, 0.5) is 14.5 Å². The summed E-state index contributed by atoms with van der Waals surface area (Å²) in [5.41, 5.74) is 5.55. The number of fused-ring (bicyclic) bond motifs is 1. The third-order valence-corrected chi connectivity index (χ3v) is 5.67. The van der Waals surface area contributed by atoms with Crippen LogP contribution in [-0.4, -0.2) is 14.8 Å². The minimum Gasteiger partial charge on any atom is -0.396 e. The lowest BCUT2D eigenvalue weighted by molar-refractivity contribution is 0.103. The van der Waals surface area contributed by atoms with Crippen molar-refractivity contribution >= 4 is 42.3 Å². The smallest absolute Gasteiger partial charge is 0.201 e. The molecule has 1 aromatic carbocycles. The van der Waals surface area contributed by atoms with E-state index in [-0.39, 0.29) is 11.3 Å². The zero-order valence-electron chi connectivity index (χ0n) is 11.0. The van der Waals surface area contributed by atoms with Crippen molar-refractivity contribution < 1.29 is 13.6 Å². The van der Waals surface area contributed by atoms with Crippen LogP contribution in [0.25, 0.3) is 6.08 Å². The lowest BCUT2D eigenvalue weighted by Gasteiger charge is -2.07. The van der Waals surface area contributed by atoms with Gasteiger partial charge in [-0.1, -0.05) is 20.7 Å². The van der Waals surface area contributed by atoms with Gasteiger partial charge >= 0.3 is 0 Å². The molecule has 3 rings (SSSR count). The summed E-state index contributed by atoms with van der Waals surface area (Å²) in [4.78, 5) is 15.4. The summed E-state index contributed by atoms with van der Waals surface area (Å²) < 4.78 is 30.5. The number of nitriles is 1. The summed E-state index contributed by atoms with van der Waals surface area (Å²) in [7, 11) is 0. The molecular weight excluding hydrogens is 403 g/mol. The second-order valence-corrected chi connectivity index (χ2v) is 6.84. The molecule has 2 aromatic rings. The quantitative estimate of drug-likeness (QED) is 0.453. The van der Waals surface area contributed by atoms with E-state index in [4.69, 9.17) is 11.0 Å². The molecule has 3 N–H and O–H groups in total. The number of ketones is 1. The fourth-order valence-electron chi connectivity index (χ4n) is 2.10. The molecule has 0 amide bonds. The first kappa shape index (κ1) is 14.6. The highest BCUT2D eigenvalue weighted by Crippen LogP contribution is 2.30. The largest absolute Gasteiger partial charge is 0.396 e. The van der Waals surface area contributed by atoms with Gasteiger partial charge in [-0.2, -0.15) is 5.26 Å². The minimum atomic E-state index is -1.07. The Hall–Kier alpha value is -2.34. The Kier molecular flexibility index (Phi) is 3.62. The SMILES string of the molecule is N#CC1=Cc2c(C(=O)c3c(F)ccc(N)c3F)c[nH]c2I=C1. The van der Waals surface area contributed by atoms with Gasteiger partial charge < -0.3 is 10.7 Å². The number of hydrogen-bond acceptors (Lipinski definition) is 3. The van der Waals surface area contributed by atoms with Gasteiger partial charge in [0.05, 0.1) is 26.6 Å². The van der Waals surface area contributed by atoms with Gasteiger partial charge in [0.25, 0.3) is 0 Å². The van der Waals surface area contributed by atoms with Gasteiger partial charge in [0.15, 0.2) is 5.82 Å². The molecule has 0 radical (unpaired) electrons. The molecule has 0 fully saturated rings. The molecule has 1 aromatic heterocycles. The van der Waals surface area contributed by atoms with E-state index in [0.717, 1.165) is 15.8 Å². The van der Waals surface area contributed by atoms with E-state index < -0.39 is 43.7 Å². The number of aromatic nitrogens is 1. The molecule has 2 heterocycles. The fraction of sp³-hybridized carbons (Fsp3) is 0. The van der Waals surface area contributed by atoms with Crippen molar-refractivity contribution in [3.8, 4) is 6.07 Å². The zero-order valence-corrected chi connectivity index (χ0v) is 13.1. The number of allylic oxidation sites excluding steroid dienone is 1. The van der Waals surface area contributed by atoms with Crippen molar-refractivity contribution in [2.24, 2.45) is 0 Å². The number of nitrogen functional groups attached to an aromatic ring is 1. The first-order valence-corrected chi connectivity index (χ1v) is 8.43. The number of benzene rings is 1. The highest BCUT2D eigenvalue weighted by atomic mass is 127. The molecule has 0 unspecified atom stereocenters. The molecule has 7 heteroatoms. The van der Waals surface area contributed by atoms with E-state index in [1.165, 1.54) is 6.20 Å². The summed E-state index contributed by atoms with van der Waals surface area (Å²) in [6.07, 6.45) is 2.96. The molecule has 0 aliphatic carbocycles. The molecule has 0 saturated heterocycles. The van der Waals surface area contributed by atoms with E-state index in [2.05, 4.69) is 4.98 Å². The predicted octanol–water partition coefficient (Wildman–Crippen LogP) is 2.97. The van der Waals surface area contributed by atoms with Gasteiger partial charge in [-0.3, -0.25) is 4.79 Å². The molecular formula is C15H8F2IN3O. The number of nitrogens with two attached hydrogens (primary N) is 1. The lowest BCUT2D eigenvalue weighted by atomic mass is 10.00. The molecule has 4 nitrogen and oxygen atoms in total. The Morgan fingerprint density at radius 1 is 1.36 bits per heavy atom. The van der Waals surface area contributed by atoms with Crippen LogP contribution < -0.4 is 5.73 Å². The lowest BCUT2D eigenvalue weighted by Crippen LogP contribution is -2.10. The number of aromatic amines is 1. The number of halogens is 3. The van der Waals surface area contributed by atoms with Crippen LogP contribution in [0.15, 0.2) is 23.9 Å². The van der Waals surface area contributed by atoms with Crippen LogP contribution in [0, 0.1) is 26.7 Å². The molecule has 0 bridgehead atoms. The third kappa shape index (κ3) is 2.25. The van der Waals surface area contributed by atoms with Gasteiger partial charge in [-0.15, -0.1) is 0 Å². The molecule has 0 spiro atoms. The maximum atomic E-state index is 14.0. The molecule has 1 aliphatic rings. The van der Waals surface area contributed by atoms with Crippen LogP contribution in [0.5, 0.6) is 0 Å². The Labute approximate surface area is 134 Å². The summed E-state index contributed by atoms with van der Waals surface area (Å²) >= 11 is -0.584. The predicted molar refractivity (Wildman–Crippen MR) is 87.4 cm³/mol. The van der Waals surface area contributed by atoms with Crippen molar-refractivity contribution in [2.75, 3.05) is 5.73 Å². The summed E-state index contributed by atoms with van der Waals surface area (Å²) in [6.45, 7) is 0. The van der Waals surface area contributed by atoms with Crippen LogP contribution in [-0.2, 0) is 0 Å². The molecule has 110 valence electrons. The Morgan fingerprint density at radius 2 is 2.14 bits per heavy atom. The number of carbonyl (C=O) groups is 1. The number of hydrogen-bond donors (Lipinski definition) is 2. The van der Waals surface area contributed by atoms with Crippen molar-refractivity contribution in [1.82, 2.24) is 4.98 Å². The number of H-pyrrole nitrogens is 1. The van der Waals surface area contributed by atoms with E-state index >= 15 is 0 Å². The van der Waals surface area contributed by atoms with Crippen LogP contribution in [0.1, 0.15) is 21.5 Å². The second-order valence-electron chi connectivity index (χ2n) is 4.51. The van der Waals surface area contributed by atoms with Gasteiger partial charge in [0.2, 0.25) is 5.78 Å². The van der Waals surface area contributed by atoms with Crippen molar-refractivity contribution in [3.05, 3.63) is 55.9 Å². The van der Waals surface area contributed by atoms with Crippen molar-refractivity contribution in [2.45, 2.75) is 0 Å². The number of nitrogens with one attached hydrogen (secondary N) is 1. The minimum absolute atomic E-state index is 0.138. The molecule has 0 atom stereocenters. The van der Waals surface area contributed by atoms with E-state index in [1.54, 1.807) is 6.08 Å². The maximum Gasteiger partial charge on any atom is 0.201 e. The topological polar surface area (TPSA) is 82.7 Å². The normalized spacial score (nSPS) is 12.9. The van der Waals surface area contributed by atoms with E-state index in [1.807, 2.05) is 10.1 Å². The van der Waals surface area contributed by atoms with Gasteiger partial charge in [-0.05, 0) is 22.2 Å². The average molecular weight is 411 g/mol. The summed E-state index contributed by atoms with van der Waals surface area (Å²) in [6, 6.07) is 4.04. The average Bonchev–Trinajstić information content (AvgIpc) is 2.94. The van der Waals surface area contributed by atoms with Gasteiger partial charge in [0, 0.05) is 17.3 Å². The fourth-order valence-corrected chi connectivity index (χ4v) is 4.18. The number of carbonyl (C=O) groups excluding carboxylic acids is 1. The standard InChI is InChI=1S/C15H8F2IN3O/c16-10-1-2-11(20)13(17)12(10)14(22)9-6-21-15-8(9)3-7(5-19)4-18-15/h1-4,6,21H,20H2. The van der Waals surface area contributed by atoms with Crippen molar-refractivity contribution in [3.63, 3.8) is 0 Å². The second kappa shape index (κ2) is 5.46. The first-order chi connectivity index (χ1) is 10.5. The third-order valence-electron chi connectivity index (χ3n) is 3.17. The number of anilines is 1. The van der Waals surface area contributed by atoms with Crippen LogP contribution in [0.2, 0.25) is 0 Å². The van der Waals surface area contributed by atoms with E-state index in [9.17, 15) is 13.6 Å². The monoisotopic (exact) mass is 411 g/mol. The number of nitrogens with zero attached hydrogens (tertiary/aromatic N) is 1. The first-order valence-electron chi connectivity index (χ1n) is 6.11. The van der Waals surface area contributed by atoms with E-state index in [0.29, 0.717) is 11.1 Å². The number of rotatable bonds is 2. The summed E-state index contributed by atoms with van der Waals surface area (Å²) in [5.74, 6) is -2.83. The highest BCUT2D eigenvalue weighted by Gasteiger charge is 2.25. The maximum absolute atomic E-state index is 14.0. The highest BCUT2D eigenvalue weighted by molar-refractivity contribution is 14.2. The molecule has 22 heavy (non-hydrogen) atoms. The molecule has 1 aliphatic heterocycles. The Balaban J connectivity index is 2.16. The van der Waals surface area contributed by atoms with Crippen LogP contribution >= 0.6 is 20.7 Å². The zero-order chi connectivity index (χ0) is 15.9. The Morgan fingerprint density at radius 3 is 2.86 bits per heavy atom. The van der Waals surface area contributed by atoms with Crippen molar-refractivity contribution in [1.29, 1.82) is 5.26 Å². The van der Waals surface area contributed by atoms with Gasteiger partial charge in [0.1, 0.15) is 5.82 Å². The van der Waals surface area contributed by atoms with Gasteiger partial charge in [-0.25, -0.2) is 8.78 Å². The Bertz CT molecular complexity index is 906. The molecule has 0 saturated carbocycles. The van der Waals surface area contributed by atoms with Crippen LogP contribution in [0.3, 0.4) is 0 Å².